The highest BCUT2D eigenvalue weighted by molar-refractivity contribution is 7.91. The lowest BCUT2D eigenvalue weighted by molar-refractivity contribution is -0.123. The van der Waals surface area contributed by atoms with Gasteiger partial charge in [-0.15, -0.1) is 0 Å². The van der Waals surface area contributed by atoms with Crippen molar-refractivity contribution in [3.05, 3.63) is 29.8 Å². The molecule has 1 fully saturated rings. The number of ether oxygens (including phenoxy) is 1. The predicted octanol–water partition coefficient (Wildman–Crippen LogP) is 0.819. The van der Waals surface area contributed by atoms with Gasteiger partial charge in [-0.05, 0) is 31.4 Å². The molecule has 1 atom stereocenters. The van der Waals surface area contributed by atoms with Crippen LogP contribution in [0.5, 0.6) is 5.75 Å². The first-order chi connectivity index (χ1) is 10.4. The van der Waals surface area contributed by atoms with Gasteiger partial charge in [-0.3, -0.25) is 9.59 Å². The molecule has 1 aliphatic rings. The second-order valence-corrected chi connectivity index (χ2v) is 7.67. The fourth-order valence-electron chi connectivity index (χ4n) is 2.30. The van der Waals surface area contributed by atoms with Crippen molar-refractivity contribution in [2.24, 2.45) is 5.92 Å². The zero-order valence-corrected chi connectivity index (χ0v) is 13.2. The first kappa shape index (κ1) is 16.5. The zero-order valence-electron chi connectivity index (χ0n) is 12.4. The molecule has 1 aliphatic heterocycles. The van der Waals surface area contributed by atoms with E-state index in [0.717, 1.165) is 0 Å². The molecule has 2 rings (SSSR count). The maximum atomic E-state index is 11.7. The fraction of sp³-hybridized carbons (Fsp3) is 0.467. The fourth-order valence-corrected chi connectivity index (χ4v) is 4.16. The lowest BCUT2D eigenvalue weighted by Gasteiger charge is -2.11. The van der Waals surface area contributed by atoms with Gasteiger partial charge in [0.1, 0.15) is 5.75 Å². The Morgan fingerprint density at radius 3 is 2.77 bits per heavy atom. The number of nitrogens with one attached hydrogen (secondary N) is 1. The number of rotatable bonds is 6. The first-order valence-corrected chi connectivity index (χ1v) is 8.89. The first-order valence-electron chi connectivity index (χ1n) is 7.06. The van der Waals surface area contributed by atoms with E-state index in [4.69, 9.17) is 4.74 Å². The Bertz CT molecular complexity index is 668. The van der Waals surface area contributed by atoms with Crippen LogP contribution in [-0.4, -0.2) is 44.8 Å². The molecule has 7 heteroatoms. The van der Waals surface area contributed by atoms with Gasteiger partial charge in [0.05, 0.1) is 11.5 Å². The van der Waals surface area contributed by atoms with E-state index in [-0.39, 0.29) is 35.7 Å². The standard InChI is InChI=1S/C15H19NO5S/c1-11(17)13-3-2-4-14(7-13)21-9-15(18)16-8-12-5-6-22(19,20)10-12/h2-4,7,12H,5-6,8-10H2,1H3,(H,16,18)/t12-/m1/s1. The van der Waals surface area contributed by atoms with Crippen molar-refractivity contribution in [2.45, 2.75) is 13.3 Å². The van der Waals surface area contributed by atoms with E-state index >= 15 is 0 Å². The van der Waals surface area contributed by atoms with Gasteiger partial charge in [0.2, 0.25) is 0 Å². The lowest BCUT2D eigenvalue weighted by Crippen LogP contribution is -2.33. The number of benzene rings is 1. The predicted molar refractivity (Wildman–Crippen MR) is 81.7 cm³/mol. The monoisotopic (exact) mass is 325 g/mol. The summed E-state index contributed by atoms with van der Waals surface area (Å²) in [7, 11) is -2.93. The van der Waals surface area contributed by atoms with E-state index in [1.54, 1.807) is 24.3 Å². The van der Waals surface area contributed by atoms with Crippen molar-refractivity contribution < 1.29 is 22.7 Å². The maximum Gasteiger partial charge on any atom is 0.257 e. The number of carbonyl (C=O) groups excluding carboxylic acids is 2. The molecule has 1 heterocycles. The molecule has 0 saturated carbocycles. The van der Waals surface area contributed by atoms with Gasteiger partial charge in [-0.1, -0.05) is 12.1 Å². The normalized spacial score (nSPS) is 19.6. The highest BCUT2D eigenvalue weighted by Gasteiger charge is 2.27. The molecule has 1 saturated heterocycles. The van der Waals surface area contributed by atoms with E-state index < -0.39 is 9.84 Å². The highest BCUT2D eigenvalue weighted by atomic mass is 32.2. The number of hydrogen-bond donors (Lipinski definition) is 1. The largest absolute Gasteiger partial charge is 0.484 e. The molecule has 22 heavy (non-hydrogen) atoms. The number of sulfone groups is 1. The molecule has 1 aromatic rings. The summed E-state index contributed by atoms with van der Waals surface area (Å²) in [6, 6.07) is 6.62. The van der Waals surface area contributed by atoms with Crippen LogP contribution in [0, 0.1) is 5.92 Å². The number of carbonyl (C=O) groups is 2. The summed E-state index contributed by atoms with van der Waals surface area (Å²) in [6.07, 6.45) is 0.587. The molecule has 0 aromatic heterocycles. The summed E-state index contributed by atoms with van der Waals surface area (Å²) in [5.74, 6) is 0.382. The second kappa shape index (κ2) is 6.91. The van der Waals surface area contributed by atoms with Crippen molar-refractivity contribution in [2.75, 3.05) is 24.7 Å². The van der Waals surface area contributed by atoms with E-state index in [2.05, 4.69) is 5.32 Å². The maximum absolute atomic E-state index is 11.7. The Kier molecular flexibility index (Phi) is 5.18. The molecule has 6 nitrogen and oxygen atoms in total. The molecule has 0 bridgehead atoms. The minimum atomic E-state index is -2.93. The Morgan fingerprint density at radius 1 is 1.36 bits per heavy atom. The van der Waals surface area contributed by atoms with Gasteiger partial charge in [-0.2, -0.15) is 0 Å². The molecule has 1 amide bonds. The smallest absolute Gasteiger partial charge is 0.257 e. The van der Waals surface area contributed by atoms with E-state index in [1.807, 2.05) is 0 Å². The average Bonchev–Trinajstić information content (AvgIpc) is 2.82. The summed E-state index contributed by atoms with van der Waals surface area (Å²) in [4.78, 5) is 23.0. The van der Waals surface area contributed by atoms with Crippen molar-refractivity contribution >= 4 is 21.5 Å². The van der Waals surface area contributed by atoms with E-state index in [1.165, 1.54) is 6.92 Å². The lowest BCUT2D eigenvalue weighted by atomic mass is 10.1. The van der Waals surface area contributed by atoms with Gasteiger partial charge >= 0.3 is 0 Å². The molecular weight excluding hydrogens is 306 g/mol. The summed E-state index contributed by atoms with van der Waals surface area (Å²) in [5.41, 5.74) is 0.522. The van der Waals surface area contributed by atoms with Crippen molar-refractivity contribution in [3.63, 3.8) is 0 Å². The Labute approximate surface area is 129 Å². The van der Waals surface area contributed by atoms with Crippen LogP contribution in [0.4, 0.5) is 0 Å². The Hall–Kier alpha value is -1.89. The van der Waals surface area contributed by atoms with E-state index in [0.29, 0.717) is 24.3 Å². The van der Waals surface area contributed by atoms with Crippen LogP contribution >= 0.6 is 0 Å². The van der Waals surface area contributed by atoms with Crippen molar-refractivity contribution in [1.82, 2.24) is 5.32 Å². The average molecular weight is 325 g/mol. The highest BCUT2D eigenvalue weighted by Crippen LogP contribution is 2.17. The topological polar surface area (TPSA) is 89.5 Å². The summed E-state index contributed by atoms with van der Waals surface area (Å²) < 4.78 is 28.0. The van der Waals surface area contributed by atoms with Gasteiger partial charge in [0, 0.05) is 12.1 Å². The molecule has 0 spiro atoms. The number of Topliss-reactive ketones (excluding diaryl/α,β-unsaturated/α-hetero) is 1. The van der Waals surface area contributed by atoms with Crippen LogP contribution in [0.2, 0.25) is 0 Å². The quantitative estimate of drug-likeness (QED) is 0.782. The second-order valence-electron chi connectivity index (χ2n) is 5.45. The molecule has 1 aromatic carbocycles. The molecule has 0 unspecified atom stereocenters. The van der Waals surface area contributed by atoms with Crippen molar-refractivity contribution in [3.8, 4) is 5.75 Å². The minimum Gasteiger partial charge on any atom is -0.484 e. The van der Waals surface area contributed by atoms with Crippen LogP contribution in [0.15, 0.2) is 24.3 Å². The van der Waals surface area contributed by atoms with Crippen LogP contribution in [0.3, 0.4) is 0 Å². The summed E-state index contributed by atoms with van der Waals surface area (Å²) in [6.45, 7) is 1.64. The van der Waals surface area contributed by atoms with Gasteiger partial charge in [-0.25, -0.2) is 8.42 Å². The van der Waals surface area contributed by atoms with Crippen LogP contribution in [0.1, 0.15) is 23.7 Å². The van der Waals surface area contributed by atoms with Crippen LogP contribution in [-0.2, 0) is 14.6 Å². The minimum absolute atomic E-state index is 0.0185. The summed E-state index contributed by atoms with van der Waals surface area (Å²) >= 11 is 0. The Morgan fingerprint density at radius 2 is 2.14 bits per heavy atom. The molecule has 0 radical (unpaired) electrons. The van der Waals surface area contributed by atoms with Gasteiger partial charge < -0.3 is 10.1 Å². The third-order valence-corrected chi connectivity index (χ3v) is 5.36. The number of hydrogen-bond acceptors (Lipinski definition) is 5. The molecule has 120 valence electrons. The van der Waals surface area contributed by atoms with Crippen LogP contribution < -0.4 is 10.1 Å². The third kappa shape index (κ3) is 4.84. The number of ketones is 1. The zero-order chi connectivity index (χ0) is 16.2. The van der Waals surface area contributed by atoms with Crippen molar-refractivity contribution in [1.29, 1.82) is 0 Å². The number of amides is 1. The third-order valence-electron chi connectivity index (χ3n) is 3.53. The van der Waals surface area contributed by atoms with Crippen LogP contribution in [0.25, 0.3) is 0 Å². The molecular formula is C15H19NO5S. The molecule has 0 aliphatic carbocycles. The molecule has 1 N–H and O–H groups in total. The SMILES string of the molecule is CC(=O)c1cccc(OCC(=O)NC[C@H]2CCS(=O)(=O)C2)c1. The van der Waals surface area contributed by atoms with E-state index in [9.17, 15) is 18.0 Å². The van der Waals surface area contributed by atoms with Gasteiger partial charge in [0.15, 0.2) is 22.2 Å². The van der Waals surface area contributed by atoms with Gasteiger partial charge in [0.25, 0.3) is 5.91 Å². The summed E-state index contributed by atoms with van der Waals surface area (Å²) in [5, 5.41) is 2.67. The Balaban J connectivity index is 1.76.